The van der Waals surface area contributed by atoms with Crippen LogP contribution in [0.2, 0.25) is 0 Å². The third-order valence-electron chi connectivity index (χ3n) is 10.2. The second-order valence-electron chi connectivity index (χ2n) is 13.0. The topological polar surface area (TPSA) is 6.48 Å². The Morgan fingerprint density at radius 3 is 1.88 bits per heavy atom. The molecule has 2 heteroatoms. The molecule has 0 spiro atoms. The van der Waals surface area contributed by atoms with Gasteiger partial charge in [-0.3, -0.25) is 0 Å². The molecule has 0 amide bonds. The van der Waals surface area contributed by atoms with Gasteiger partial charge in [0.2, 0.25) is 0 Å². The first-order valence-electron chi connectivity index (χ1n) is 16.9. The van der Waals surface area contributed by atoms with Crippen molar-refractivity contribution in [2.24, 2.45) is 0 Å². The van der Waals surface area contributed by atoms with Gasteiger partial charge in [-0.1, -0.05) is 109 Å². The second kappa shape index (κ2) is 11.4. The molecule has 0 aromatic heterocycles. The Bertz CT molecular complexity index is 2350. The van der Waals surface area contributed by atoms with Crippen molar-refractivity contribution < 1.29 is 0 Å². The summed E-state index contributed by atoms with van der Waals surface area (Å²) >= 11 is 0. The van der Waals surface area contributed by atoms with E-state index in [1.165, 1.54) is 72.0 Å². The highest BCUT2D eigenvalue weighted by Crippen LogP contribution is 2.50. The molecule has 2 aliphatic rings. The number of benzene rings is 7. The SMILES string of the molecule is CC1=CC(N(c2ccccc2)c2ccccc2)C2=CCc3c(C)cc(N(c4ccccc4)c4ccc5ccccc5c4)c4ccc1c2c34. The number of allylic oxidation sites excluding steroid dienone is 2. The minimum Gasteiger partial charge on any atom is -0.330 e. The summed E-state index contributed by atoms with van der Waals surface area (Å²) in [6, 6.07) is 55.2. The van der Waals surface area contributed by atoms with Gasteiger partial charge in [0.15, 0.2) is 0 Å². The van der Waals surface area contributed by atoms with Gasteiger partial charge in [-0.25, -0.2) is 0 Å². The number of hydrogen-bond acceptors (Lipinski definition) is 2. The molecule has 1 unspecified atom stereocenters. The van der Waals surface area contributed by atoms with Crippen LogP contribution in [0.3, 0.4) is 0 Å². The lowest BCUT2D eigenvalue weighted by Crippen LogP contribution is -2.33. The Kier molecular flexibility index (Phi) is 6.76. The summed E-state index contributed by atoms with van der Waals surface area (Å²) in [7, 11) is 0. The number of para-hydroxylation sites is 3. The van der Waals surface area contributed by atoms with Gasteiger partial charge in [0, 0.05) is 28.1 Å². The monoisotopic (exact) mass is 616 g/mol. The van der Waals surface area contributed by atoms with E-state index in [1.54, 1.807) is 0 Å². The van der Waals surface area contributed by atoms with E-state index in [1.807, 2.05) is 0 Å². The average molecular weight is 617 g/mol. The van der Waals surface area contributed by atoms with E-state index in [9.17, 15) is 0 Å². The number of fused-ring (bicyclic) bond motifs is 1. The van der Waals surface area contributed by atoms with Crippen LogP contribution in [0.5, 0.6) is 0 Å². The zero-order chi connectivity index (χ0) is 32.2. The van der Waals surface area contributed by atoms with Crippen molar-refractivity contribution >= 4 is 61.1 Å². The molecule has 0 heterocycles. The minimum atomic E-state index is 0.0655. The quantitative estimate of drug-likeness (QED) is 0.183. The maximum Gasteiger partial charge on any atom is 0.0784 e. The van der Waals surface area contributed by atoms with Crippen LogP contribution in [0.4, 0.5) is 28.4 Å². The number of anilines is 5. The van der Waals surface area contributed by atoms with Crippen molar-refractivity contribution in [3.63, 3.8) is 0 Å². The third kappa shape index (κ3) is 4.56. The highest BCUT2D eigenvalue weighted by Gasteiger charge is 2.34. The molecular weight excluding hydrogens is 581 g/mol. The third-order valence-corrected chi connectivity index (χ3v) is 10.2. The first kappa shape index (κ1) is 28.4. The molecule has 2 aliphatic carbocycles. The Morgan fingerprint density at radius 1 is 0.562 bits per heavy atom. The van der Waals surface area contributed by atoms with Crippen molar-refractivity contribution in [3.8, 4) is 0 Å². The zero-order valence-corrected chi connectivity index (χ0v) is 27.3. The maximum absolute atomic E-state index is 2.50. The highest BCUT2D eigenvalue weighted by atomic mass is 15.2. The summed E-state index contributed by atoms with van der Waals surface area (Å²) in [5.74, 6) is 0. The van der Waals surface area contributed by atoms with Gasteiger partial charge in [0.05, 0.1) is 11.7 Å². The van der Waals surface area contributed by atoms with E-state index in [0.717, 1.165) is 17.8 Å². The second-order valence-corrected chi connectivity index (χ2v) is 13.0. The van der Waals surface area contributed by atoms with Gasteiger partial charge < -0.3 is 9.80 Å². The smallest absolute Gasteiger partial charge is 0.0784 e. The zero-order valence-electron chi connectivity index (χ0n) is 27.3. The molecule has 0 fully saturated rings. The van der Waals surface area contributed by atoms with Crippen LogP contribution in [-0.4, -0.2) is 6.04 Å². The molecule has 48 heavy (non-hydrogen) atoms. The van der Waals surface area contributed by atoms with Crippen molar-refractivity contribution in [1.29, 1.82) is 0 Å². The molecule has 0 saturated heterocycles. The number of rotatable bonds is 6. The van der Waals surface area contributed by atoms with Crippen molar-refractivity contribution in [2.45, 2.75) is 26.3 Å². The van der Waals surface area contributed by atoms with E-state index >= 15 is 0 Å². The summed E-state index contributed by atoms with van der Waals surface area (Å²) in [6.45, 7) is 4.58. The van der Waals surface area contributed by atoms with Crippen LogP contribution in [0.15, 0.2) is 164 Å². The Hall–Kier alpha value is -5.86. The molecule has 0 aliphatic heterocycles. The summed E-state index contributed by atoms with van der Waals surface area (Å²) in [5.41, 5.74) is 14.1. The summed E-state index contributed by atoms with van der Waals surface area (Å²) < 4.78 is 0. The molecule has 230 valence electrons. The summed E-state index contributed by atoms with van der Waals surface area (Å²) in [5, 5.41) is 5.16. The van der Waals surface area contributed by atoms with E-state index in [0.29, 0.717) is 0 Å². The molecular formula is C46H36N2. The van der Waals surface area contributed by atoms with Crippen LogP contribution in [0, 0.1) is 6.92 Å². The fraction of sp³-hybridized carbons (Fsp3) is 0.0870. The Morgan fingerprint density at radius 2 is 1.19 bits per heavy atom. The molecule has 7 aromatic carbocycles. The lowest BCUT2D eigenvalue weighted by Gasteiger charge is -2.40. The molecule has 9 rings (SSSR count). The molecule has 0 bridgehead atoms. The summed E-state index contributed by atoms with van der Waals surface area (Å²) in [6.07, 6.45) is 5.88. The number of aryl methyl sites for hydroxylation is 1. The van der Waals surface area contributed by atoms with Crippen LogP contribution in [0.25, 0.3) is 32.7 Å². The fourth-order valence-corrected chi connectivity index (χ4v) is 7.95. The fourth-order valence-electron chi connectivity index (χ4n) is 7.95. The van der Waals surface area contributed by atoms with E-state index in [4.69, 9.17) is 0 Å². The van der Waals surface area contributed by atoms with Crippen LogP contribution in [-0.2, 0) is 6.42 Å². The van der Waals surface area contributed by atoms with E-state index in [2.05, 4.69) is 187 Å². The largest absolute Gasteiger partial charge is 0.330 e. The molecule has 0 saturated carbocycles. The lowest BCUT2D eigenvalue weighted by molar-refractivity contribution is 0.944. The first-order valence-corrected chi connectivity index (χ1v) is 16.9. The number of nitrogens with zero attached hydrogens (tertiary/aromatic N) is 2. The molecule has 7 aromatic rings. The van der Waals surface area contributed by atoms with Crippen molar-refractivity contribution in [1.82, 2.24) is 0 Å². The summed E-state index contributed by atoms with van der Waals surface area (Å²) in [4.78, 5) is 4.95. The van der Waals surface area contributed by atoms with Gasteiger partial charge in [0.1, 0.15) is 0 Å². The van der Waals surface area contributed by atoms with Crippen molar-refractivity contribution in [3.05, 3.63) is 186 Å². The maximum atomic E-state index is 2.50. The normalized spacial score (nSPS) is 14.8. The predicted octanol–water partition coefficient (Wildman–Crippen LogP) is 12.3. The van der Waals surface area contributed by atoms with Gasteiger partial charge in [-0.15, -0.1) is 0 Å². The molecule has 0 N–H and O–H groups in total. The minimum absolute atomic E-state index is 0.0655. The predicted molar refractivity (Wildman–Crippen MR) is 205 cm³/mol. The van der Waals surface area contributed by atoms with Crippen LogP contribution < -0.4 is 9.80 Å². The molecule has 0 radical (unpaired) electrons. The van der Waals surface area contributed by atoms with E-state index < -0.39 is 0 Å². The Balaban J connectivity index is 1.28. The molecule has 2 nitrogen and oxygen atoms in total. The van der Waals surface area contributed by atoms with Crippen molar-refractivity contribution in [2.75, 3.05) is 9.80 Å². The Labute approximate surface area is 282 Å². The van der Waals surface area contributed by atoms with Crippen LogP contribution in [0.1, 0.15) is 29.2 Å². The number of hydrogen-bond donors (Lipinski definition) is 0. The van der Waals surface area contributed by atoms with Crippen LogP contribution >= 0.6 is 0 Å². The van der Waals surface area contributed by atoms with Gasteiger partial charge >= 0.3 is 0 Å². The molecule has 1 atom stereocenters. The standard InChI is InChI=1S/C46H36N2/c1-31-28-43(47(35-16-6-3-7-17-35)36-18-8-4-9-19-36)41-26-24-40-32(2)29-44(42-27-25-39(31)45(41)46(40)42)48(37-20-10-5-11-21-37)38-23-22-33-14-12-13-15-34(33)30-38/h3-23,25-30,43H,24H2,1-2H3. The van der Waals surface area contributed by atoms with Gasteiger partial charge in [-0.05, 0) is 124 Å². The highest BCUT2D eigenvalue weighted by molar-refractivity contribution is 6.12. The van der Waals surface area contributed by atoms with Gasteiger partial charge in [-0.2, -0.15) is 0 Å². The lowest BCUT2D eigenvalue weighted by atomic mass is 9.75. The first-order chi connectivity index (χ1) is 23.7. The average Bonchev–Trinajstić information content (AvgIpc) is 3.14. The van der Waals surface area contributed by atoms with E-state index in [-0.39, 0.29) is 6.04 Å². The van der Waals surface area contributed by atoms with Gasteiger partial charge in [0.25, 0.3) is 0 Å².